The van der Waals surface area contributed by atoms with E-state index >= 15 is 0 Å². The van der Waals surface area contributed by atoms with Gasteiger partial charge >= 0.3 is 5.69 Å². The molecule has 0 aromatic carbocycles. The molecule has 3 N–H and O–H groups in total. The number of thiophene rings is 1. The Kier molecular flexibility index (Phi) is 6.26. The topological polar surface area (TPSA) is 164 Å². The predicted octanol–water partition coefficient (Wildman–Crippen LogP) is 3.65. The second kappa shape index (κ2) is 9.07. The fourth-order valence-electron chi connectivity index (χ4n) is 3.82. The van der Waals surface area contributed by atoms with Crippen molar-refractivity contribution < 1.29 is 23.3 Å². The molecular weight excluding hydrogens is 498 g/mol. The number of hydrogen-bond acceptors (Lipinski definition) is 8. The Hall–Kier alpha value is -4.27. The Morgan fingerprint density at radius 1 is 1.19 bits per heavy atom. The van der Waals surface area contributed by atoms with Gasteiger partial charge in [0.2, 0.25) is 5.91 Å². The lowest BCUT2D eigenvalue weighted by atomic mass is 10.0. The highest BCUT2D eigenvalue weighted by molar-refractivity contribution is 7.21. The lowest BCUT2D eigenvalue weighted by Gasteiger charge is -2.15. The average molecular weight is 519 g/mol. The van der Waals surface area contributed by atoms with Crippen molar-refractivity contribution in [1.29, 1.82) is 0 Å². The molecule has 0 aliphatic carbocycles. The Bertz CT molecular complexity index is 1540. The SMILES string of the molecule is Cc1c(-c2cc(C(F)F)nc3sc(C(N)=O)c(NC(=O)C(C)n4ncc([N+](=O)[O-])c4C)c23)cnn1C. The number of pyridine rings is 1. The highest BCUT2D eigenvalue weighted by Crippen LogP contribution is 2.43. The molecule has 1 atom stereocenters. The highest BCUT2D eigenvalue weighted by Gasteiger charge is 2.29. The summed E-state index contributed by atoms with van der Waals surface area (Å²) >= 11 is 0.773. The predicted molar refractivity (Wildman–Crippen MR) is 127 cm³/mol. The van der Waals surface area contributed by atoms with E-state index in [1.54, 1.807) is 18.7 Å². The van der Waals surface area contributed by atoms with Crippen LogP contribution in [-0.4, -0.2) is 41.3 Å². The summed E-state index contributed by atoms with van der Waals surface area (Å²) in [6, 6.07) is 0.167. The van der Waals surface area contributed by atoms with Gasteiger partial charge in [-0.3, -0.25) is 29.1 Å². The van der Waals surface area contributed by atoms with Gasteiger partial charge < -0.3 is 11.1 Å². The summed E-state index contributed by atoms with van der Waals surface area (Å²) in [4.78, 5) is 40.0. The molecule has 4 heterocycles. The molecule has 0 saturated heterocycles. The van der Waals surface area contributed by atoms with Crippen LogP contribution in [0, 0.1) is 24.0 Å². The van der Waals surface area contributed by atoms with Crippen LogP contribution in [0.4, 0.5) is 20.2 Å². The number of nitrogens with zero attached hydrogens (tertiary/aromatic N) is 6. The maximum atomic E-state index is 13.7. The summed E-state index contributed by atoms with van der Waals surface area (Å²) in [6.07, 6.45) is -0.366. The number of aromatic nitrogens is 5. The van der Waals surface area contributed by atoms with Gasteiger partial charge in [-0.25, -0.2) is 13.8 Å². The zero-order valence-electron chi connectivity index (χ0n) is 19.4. The van der Waals surface area contributed by atoms with Crippen molar-refractivity contribution >= 4 is 44.7 Å². The van der Waals surface area contributed by atoms with Gasteiger partial charge in [0.15, 0.2) is 0 Å². The van der Waals surface area contributed by atoms with Gasteiger partial charge in [0.05, 0.1) is 16.8 Å². The smallest absolute Gasteiger partial charge is 0.309 e. The molecule has 2 amide bonds. The van der Waals surface area contributed by atoms with Crippen LogP contribution in [0.3, 0.4) is 0 Å². The van der Waals surface area contributed by atoms with Crippen LogP contribution >= 0.6 is 11.3 Å². The average Bonchev–Trinajstić information content (AvgIpc) is 3.48. The molecule has 0 spiro atoms. The van der Waals surface area contributed by atoms with E-state index in [1.165, 1.54) is 30.8 Å². The minimum atomic E-state index is -2.89. The summed E-state index contributed by atoms with van der Waals surface area (Å²) in [5.74, 6) is -1.55. The minimum absolute atomic E-state index is 0.00484. The van der Waals surface area contributed by atoms with Crippen molar-refractivity contribution in [2.24, 2.45) is 12.8 Å². The first-order valence-corrected chi connectivity index (χ1v) is 11.3. The van der Waals surface area contributed by atoms with Crippen LogP contribution in [0.1, 0.15) is 46.1 Å². The number of nitrogens with two attached hydrogens (primary N) is 1. The van der Waals surface area contributed by atoms with Gasteiger partial charge in [-0.15, -0.1) is 11.3 Å². The molecule has 0 radical (unpaired) electrons. The van der Waals surface area contributed by atoms with Gasteiger partial charge in [-0.1, -0.05) is 0 Å². The van der Waals surface area contributed by atoms with E-state index in [-0.39, 0.29) is 32.2 Å². The van der Waals surface area contributed by atoms with Crippen molar-refractivity contribution in [1.82, 2.24) is 24.5 Å². The zero-order chi connectivity index (χ0) is 26.5. The second-order valence-electron chi connectivity index (χ2n) is 8.00. The standard InChI is InChI=1S/C21H20F2N8O4S/c1-8-12(6-25-29(8)4)11-5-13(18(22)23)27-21-15(11)16(17(36-21)19(24)32)28-20(33)10(3)30-9(2)14(7-26-30)31(34)35/h5-7,10,18H,1-4H3,(H2,24,32)(H,28,33). The van der Waals surface area contributed by atoms with Gasteiger partial charge in [0.1, 0.15) is 33.3 Å². The molecular formula is C21H20F2N8O4S. The Balaban J connectivity index is 1.89. The number of alkyl halides is 2. The van der Waals surface area contributed by atoms with Gasteiger partial charge in [0, 0.05) is 23.7 Å². The number of aryl methyl sites for hydroxylation is 1. The molecule has 0 fully saturated rings. The number of fused-ring (bicyclic) bond motifs is 1. The largest absolute Gasteiger partial charge is 0.365 e. The molecule has 12 nitrogen and oxygen atoms in total. The Labute approximate surface area is 205 Å². The van der Waals surface area contributed by atoms with Crippen molar-refractivity contribution in [3.63, 3.8) is 0 Å². The van der Waals surface area contributed by atoms with Crippen LogP contribution in [0.2, 0.25) is 0 Å². The fraction of sp³-hybridized carbons (Fsp3) is 0.286. The molecule has 0 aliphatic heterocycles. The molecule has 0 aliphatic rings. The monoisotopic (exact) mass is 518 g/mol. The number of nitro groups is 1. The molecule has 4 rings (SSSR count). The first-order chi connectivity index (χ1) is 16.9. The number of carbonyl (C=O) groups excluding carboxylic acids is 2. The van der Waals surface area contributed by atoms with Gasteiger partial charge in [-0.05, 0) is 32.4 Å². The number of halogens is 2. The first kappa shape index (κ1) is 24.8. The van der Waals surface area contributed by atoms with Crippen molar-refractivity contribution in [2.75, 3.05) is 5.32 Å². The molecule has 4 aromatic rings. The molecule has 0 bridgehead atoms. The molecule has 15 heteroatoms. The van der Waals surface area contributed by atoms with Crippen molar-refractivity contribution in [3.05, 3.63) is 50.5 Å². The molecule has 36 heavy (non-hydrogen) atoms. The quantitative estimate of drug-likeness (QED) is 0.278. The number of carbonyl (C=O) groups is 2. The lowest BCUT2D eigenvalue weighted by Crippen LogP contribution is -2.26. The van der Waals surface area contributed by atoms with Crippen LogP contribution in [0.5, 0.6) is 0 Å². The van der Waals surface area contributed by atoms with Gasteiger partial charge in [-0.2, -0.15) is 10.2 Å². The van der Waals surface area contributed by atoms with E-state index in [1.807, 2.05) is 0 Å². The summed E-state index contributed by atoms with van der Waals surface area (Å²) in [7, 11) is 1.68. The van der Waals surface area contributed by atoms with Crippen molar-refractivity contribution in [3.8, 4) is 11.1 Å². The Morgan fingerprint density at radius 3 is 2.42 bits per heavy atom. The third-order valence-electron chi connectivity index (χ3n) is 5.86. The molecule has 4 aromatic heterocycles. The van der Waals surface area contributed by atoms with Crippen LogP contribution in [-0.2, 0) is 11.8 Å². The lowest BCUT2D eigenvalue weighted by molar-refractivity contribution is -0.385. The third-order valence-corrected chi connectivity index (χ3v) is 6.96. The number of amides is 2. The number of nitrogens with one attached hydrogen (secondary N) is 1. The van der Waals surface area contributed by atoms with Crippen molar-refractivity contribution in [2.45, 2.75) is 33.2 Å². The van der Waals surface area contributed by atoms with Crippen LogP contribution in [0.25, 0.3) is 21.3 Å². The summed E-state index contributed by atoms with van der Waals surface area (Å²) in [6.45, 7) is 4.66. The maximum absolute atomic E-state index is 13.7. The number of primary amides is 1. The van der Waals surface area contributed by atoms with Crippen LogP contribution in [0.15, 0.2) is 18.5 Å². The first-order valence-electron chi connectivity index (χ1n) is 10.5. The summed E-state index contributed by atoms with van der Waals surface area (Å²) < 4.78 is 30.1. The molecule has 0 saturated carbocycles. The summed E-state index contributed by atoms with van der Waals surface area (Å²) in [5.41, 5.74) is 6.40. The van der Waals surface area contributed by atoms with E-state index in [2.05, 4.69) is 20.5 Å². The van der Waals surface area contributed by atoms with E-state index in [4.69, 9.17) is 5.73 Å². The van der Waals surface area contributed by atoms with E-state index in [0.29, 0.717) is 16.8 Å². The zero-order valence-corrected chi connectivity index (χ0v) is 20.3. The second-order valence-corrected chi connectivity index (χ2v) is 8.99. The highest BCUT2D eigenvalue weighted by atomic mass is 32.1. The van der Waals surface area contributed by atoms with Gasteiger partial charge in [0.25, 0.3) is 12.3 Å². The van der Waals surface area contributed by atoms with Crippen LogP contribution < -0.4 is 11.1 Å². The normalized spacial score (nSPS) is 12.3. The number of anilines is 1. The minimum Gasteiger partial charge on any atom is -0.365 e. The summed E-state index contributed by atoms with van der Waals surface area (Å²) in [5, 5.41) is 22.2. The van der Waals surface area contributed by atoms with E-state index in [0.717, 1.165) is 17.5 Å². The molecule has 188 valence electrons. The fourth-order valence-corrected chi connectivity index (χ4v) is 4.83. The maximum Gasteiger partial charge on any atom is 0.309 e. The number of rotatable bonds is 7. The van der Waals surface area contributed by atoms with E-state index < -0.39 is 34.9 Å². The number of hydrogen-bond donors (Lipinski definition) is 2. The molecule has 1 unspecified atom stereocenters. The van der Waals surface area contributed by atoms with E-state index in [9.17, 15) is 28.5 Å². The Morgan fingerprint density at radius 2 is 1.89 bits per heavy atom. The third kappa shape index (κ3) is 4.06.